The van der Waals surface area contributed by atoms with E-state index in [0.29, 0.717) is 6.04 Å². The van der Waals surface area contributed by atoms with Crippen molar-refractivity contribution in [2.24, 2.45) is 11.7 Å². The highest BCUT2D eigenvalue weighted by molar-refractivity contribution is 5.84. The Morgan fingerprint density at radius 2 is 2.17 bits per heavy atom. The highest BCUT2D eigenvalue weighted by Gasteiger charge is 2.33. The van der Waals surface area contributed by atoms with E-state index in [1.807, 2.05) is 14.0 Å². The molecule has 0 aromatic carbocycles. The Kier molecular flexibility index (Phi) is 5.60. The summed E-state index contributed by atoms with van der Waals surface area (Å²) in [5.41, 5.74) is 4.89. The maximum atomic E-state index is 11.5. The topological polar surface area (TPSA) is 58.4 Å². The zero-order valence-corrected chi connectivity index (χ0v) is 12.3. The van der Waals surface area contributed by atoms with Crippen LogP contribution < -0.4 is 11.1 Å². The number of nitrogens with one attached hydrogen (secondary N) is 1. The van der Waals surface area contributed by atoms with Crippen LogP contribution in [0.15, 0.2) is 0 Å². The largest absolute Gasteiger partial charge is 0.368 e. The Bertz CT molecular complexity index is 282. The molecule has 1 heterocycles. The van der Waals surface area contributed by atoms with Crippen molar-refractivity contribution >= 4 is 5.91 Å². The summed E-state index contributed by atoms with van der Waals surface area (Å²) in [6.45, 7) is 8.71. The van der Waals surface area contributed by atoms with Crippen LogP contribution in [0, 0.1) is 5.92 Å². The Balaban J connectivity index is 2.58. The molecule has 0 radical (unpaired) electrons. The minimum atomic E-state index is -0.600. The lowest BCUT2D eigenvalue weighted by molar-refractivity contribution is -0.124. The number of amides is 1. The summed E-state index contributed by atoms with van der Waals surface area (Å²) in [7, 11) is 1.81. The molecule has 0 bridgehead atoms. The van der Waals surface area contributed by atoms with Gasteiger partial charge in [0.05, 0.1) is 5.54 Å². The lowest BCUT2D eigenvalue weighted by Gasteiger charge is -2.34. The molecule has 1 aliphatic rings. The fourth-order valence-corrected chi connectivity index (χ4v) is 2.77. The fourth-order valence-electron chi connectivity index (χ4n) is 2.77. The Labute approximate surface area is 111 Å². The summed E-state index contributed by atoms with van der Waals surface area (Å²) in [4.78, 5) is 14.0. The van der Waals surface area contributed by atoms with Crippen LogP contribution in [0.5, 0.6) is 0 Å². The maximum Gasteiger partial charge on any atom is 0.237 e. The highest BCUT2D eigenvalue weighted by atomic mass is 16.1. The monoisotopic (exact) mass is 255 g/mol. The number of likely N-dealkylation sites (tertiary alicyclic amines) is 1. The van der Waals surface area contributed by atoms with Gasteiger partial charge in [-0.2, -0.15) is 0 Å². The molecular formula is C14H29N3O. The summed E-state index contributed by atoms with van der Waals surface area (Å²) in [6.07, 6.45) is 4.62. The van der Waals surface area contributed by atoms with Crippen molar-refractivity contribution in [2.45, 2.75) is 58.0 Å². The quantitative estimate of drug-likeness (QED) is 0.779. The number of likely N-dealkylation sites (N-methyl/N-ethyl adjacent to an activating group) is 1. The van der Waals surface area contributed by atoms with Gasteiger partial charge in [-0.1, -0.05) is 6.92 Å². The van der Waals surface area contributed by atoms with Gasteiger partial charge in [0.1, 0.15) is 0 Å². The first-order valence-corrected chi connectivity index (χ1v) is 7.12. The van der Waals surface area contributed by atoms with Crippen LogP contribution in [0.4, 0.5) is 0 Å². The number of hydrogen-bond acceptors (Lipinski definition) is 3. The van der Waals surface area contributed by atoms with E-state index < -0.39 is 5.54 Å². The Morgan fingerprint density at radius 3 is 2.72 bits per heavy atom. The average Bonchev–Trinajstić information content (AvgIpc) is 2.53. The molecule has 18 heavy (non-hydrogen) atoms. The van der Waals surface area contributed by atoms with E-state index in [-0.39, 0.29) is 5.91 Å². The molecule has 0 aromatic heterocycles. The van der Waals surface area contributed by atoms with Gasteiger partial charge < -0.3 is 16.0 Å². The van der Waals surface area contributed by atoms with Crippen molar-refractivity contribution < 1.29 is 4.79 Å². The van der Waals surface area contributed by atoms with E-state index in [1.54, 1.807) is 0 Å². The van der Waals surface area contributed by atoms with Crippen LogP contribution in [0.2, 0.25) is 0 Å². The van der Waals surface area contributed by atoms with Crippen molar-refractivity contribution in [2.75, 3.05) is 20.1 Å². The van der Waals surface area contributed by atoms with Gasteiger partial charge in [0.15, 0.2) is 0 Å². The van der Waals surface area contributed by atoms with Crippen molar-refractivity contribution in [3.05, 3.63) is 0 Å². The Hall–Kier alpha value is -0.610. The molecule has 1 amide bonds. The van der Waals surface area contributed by atoms with Crippen molar-refractivity contribution in [1.82, 2.24) is 10.2 Å². The number of nitrogens with zero attached hydrogens (tertiary/aromatic N) is 1. The number of rotatable bonds is 5. The van der Waals surface area contributed by atoms with Gasteiger partial charge >= 0.3 is 0 Å². The van der Waals surface area contributed by atoms with Crippen LogP contribution in [-0.4, -0.2) is 42.5 Å². The maximum absolute atomic E-state index is 11.5. The van der Waals surface area contributed by atoms with Gasteiger partial charge in [-0.05, 0) is 65.6 Å². The van der Waals surface area contributed by atoms with Gasteiger partial charge in [0.2, 0.25) is 5.91 Å². The zero-order chi connectivity index (χ0) is 13.8. The summed E-state index contributed by atoms with van der Waals surface area (Å²) in [6, 6.07) is 0.389. The first-order chi connectivity index (χ1) is 8.39. The molecular weight excluding hydrogens is 226 g/mol. The molecule has 3 N–H and O–H groups in total. The predicted octanol–water partition coefficient (Wildman–Crippen LogP) is 1.35. The van der Waals surface area contributed by atoms with Crippen LogP contribution in [0.1, 0.15) is 46.5 Å². The minimum Gasteiger partial charge on any atom is -0.368 e. The Morgan fingerprint density at radius 1 is 1.50 bits per heavy atom. The molecule has 1 saturated heterocycles. The second kappa shape index (κ2) is 6.53. The number of carbonyl (C=O) groups excluding carboxylic acids is 1. The van der Waals surface area contributed by atoms with Crippen LogP contribution >= 0.6 is 0 Å². The molecule has 0 aliphatic carbocycles. The summed E-state index contributed by atoms with van der Waals surface area (Å²) in [5, 5.41) is 3.07. The van der Waals surface area contributed by atoms with Gasteiger partial charge in [-0.3, -0.25) is 4.79 Å². The van der Waals surface area contributed by atoms with Crippen molar-refractivity contribution in [3.63, 3.8) is 0 Å². The smallest absolute Gasteiger partial charge is 0.237 e. The van der Waals surface area contributed by atoms with E-state index in [2.05, 4.69) is 24.1 Å². The molecule has 3 atom stereocenters. The predicted molar refractivity (Wildman–Crippen MR) is 75.3 cm³/mol. The SMILES string of the molecule is CNC(C)(CC(C)N1CCCC(C)CC1)C(N)=O. The van der Waals surface area contributed by atoms with Gasteiger partial charge in [-0.25, -0.2) is 0 Å². The molecule has 4 heteroatoms. The fraction of sp³-hybridized carbons (Fsp3) is 0.929. The molecule has 0 spiro atoms. The first kappa shape index (κ1) is 15.4. The van der Waals surface area contributed by atoms with Crippen LogP contribution in [0.3, 0.4) is 0 Å². The van der Waals surface area contributed by atoms with Gasteiger partial charge in [0, 0.05) is 6.04 Å². The molecule has 3 unspecified atom stereocenters. The second-order valence-electron chi connectivity index (χ2n) is 6.07. The second-order valence-corrected chi connectivity index (χ2v) is 6.07. The molecule has 1 rings (SSSR count). The average molecular weight is 255 g/mol. The normalized spacial score (nSPS) is 27.2. The van der Waals surface area contributed by atoms with Gasteiger partial charge in [-0.15, -0.1) is 0 Å². The minimum absolute atomic E-state index is 0.264. The van der Waals surface area contributed by atoms with Crippen LogP contribution in [0.25, 0.3) is 0 Å². The third-order valence-electron chi connectivity index (χ3n) is 4.47. The highest BCUT2D eigenvalue weighted by Crippen LogP contribution is 2.22. The third-order valence-corrected chi connectivity index (χ3v) is 4.47. The lowest BCUT2D eigenvalue weighted by atomic mass is 9.92. The molecule has 4 nitrogen and oxygen atoms in total. The number of hydrogen-bond donors (Lipinski definition) is 2. The first-order valence-electron chi connectivity index (χ1n) is 7.12. The standard InChI is InChI=1S/C14H29N3O/c1-11-6-5-8-17(9-7-11)12(2)10-14(3,16-4)13(15)18/h11-12,16H,5-10H2,1-4H3,(H2,15,18). The van der Waals surface area contributed by atoms with Gasteiger partial charge in [0.25, 0.3) is 0 Å². The summed E-state index contributed by atoms with van der Waals surface area (Å²) >= 11 is 0. The van der Waals surface area contributed by atoms with E-state index in [1.165, 1.54) is 19.3 Å². The lowest BCUT2D eigenvalue weighted by Crippen LogP contribution is -2.55. The molecule has 0 aromatic rings. The summed E-state index contributed by atoms with van der Waals surface area (Å²) in [5.74, 6) is 0.564. The third kappa shape index (κ3) is 3.95. The van der Waals surface area contributed by atoms with E-state index in [9.17, 15) is 4.79 Å². The van der Waals surface area contributed by atoms with E-state index in [0.717, 1.165) is 25.4 Å². The molecule has 1 aliphatic heterocycles. The van der Waals surface area contributed by atoms with Crippen LogP contribution in [-0.2, 0) is 4.79 Å². The molecule has 106 valence electrons. The zero-order valence-electron chi connectivity index (χ0n) is 12.3. The number of nitrogens with two attached hydrogens (primary N) is 1. The summed E-state index contributed by atoms with van der Waals surface area (Å²) < 4.78 is 0. The number of primary amides is 1. The molecule has 0 saturated carbocycles. The van der Waals surface area contributed by atoms with Crippen molar-refractivity contribution in [1.29, 1.82) is 0 Å². The van der Waals surface area contributed by atoms with Crippen molar-refractivity contribution in [3.8, 4) is 0 Å². The van der Waals surface area contributed by atoms with E-state index >= 15 is 0 Å². The molecule has 1 fully saturated rings. The number of carbonyl (C=O) groups is 1. The van der Waals surface area contributed by atoms with E-state index in [4.69, 9.17) is 5.73 Å².